The molecule has 0 spiro atoms. The number of rotatable bonds is 2. The van der Waals surface area contributed by atoms with Crippen molar-refractivity contribution < 1.29 is 4.57 Å². The molecule has 0 unspecified atom stereocenters. The van der Waals surface area contributed by atoms with Gasteiger partial charge in [-0.25, -0.2) is 4.57 Å². The van der Waals surface area contributed by atoms with Gasteiger partial charge in [0.2, 0.25) is 5.69 Å². The summed E-state index contributed by atoms with van der Waals surface area (Å²) in [5.41, 5.74) is 15.5. The van der Waals surface area contributed by atoms with Crippen molar-refractivity contribution in [1.29, 1.82) is 0 Å². The molecule has 0 aliphatic heterocycles. The molecule has 1 aliphatic rings. The average Bonchev–Trinajstić information content (AvgIpc) is 2.96. The van der Waals surface area contributed by atoms with Crippen LogP contribution in [0.4, 0.5) is 0 Å². The number of pyridine rings is 1. The maximum Gasteiger partial charge on any atom is 0.220 e. The number of fused-ring (bicyclic) bond motifs is 9. The lowest BCUT2D eigenvalue weighted by Gasteiger charge is -2.24. The van der Waals surface area contributed by atoms with Crippen molar-refractivity contribution in [3.05, 3.63) is 127 Å². The molecule has 0 atom stereocenters. The molecule has 6 aromatic rings. The van der Waals surface area contributed by atoms with Crippen molar-refractivity contribution in [3.63, 3.8) is 0 Å². The summed E-state index contributed by atoms with van der Waals surface area (Å²) < 4.78 is 2.28. The lowest BCUT2D eigenvalue weighted by atomic mass is 9.79. The highest BCUT2D eigenvalue weighted by Crippen LogP contribution is 2.49. The molecule has 1 aliphatic carbocycles. The van der Waals surface area contributed by atoms with Crippen molar-refractivity contribution in [1.82, 2.24) is 0 Å². The summed E-state index contributed by atoms with van der Waals surface area (Å²) in [7, 11) is 2.17. The van der Waals surface area contributed by atoms with Gasteiger partial charge in [0.25, 0.3) is 0 Å². The first kappa shape index (κ1) is 23.6. The quantitative estimate of drug-likeness (QED) is 0.207. The fraction of sp³-hybridized carbons (Fsp3) is 0.132. The minimum absolute atomic E-state index is 0.504. The highest BCUT2D eigenvalue weighted by molar-refractivity contribution is 6.05. The van der Waals surface area contributed by atoms with E-state index in [0.717, 1.165) is 0 Å². The zero-order chi connectivity index (χ0) is 26.7. The van der Waals surface area contributed by atoms with Gasteiger partial charge in [-0.2, -0.15) is 0 Å². The first-order valence-electron chi connectivity index (χ1n) is 13.9. The minimum atomic E-state index is 0.504. The molecule has 0 radical (unpaired) electrons. The van der Waals surface area contributed by atoms with Gasteiger partial charge < -0.3 is 0 Å². The van der Waals surface area contributed by atoms with E-state index >= 15 is 0 Å². The molecule has 1 aromatic heterocycles. The number of hydrogen-bond acceptors (Lipinski definition) is 0. The molecule has 188 valence electrons. The molecule has 0 saturated heterocycles. The van der Waals surface area contributed by atoms with Gasteiger partial charge in [0.1, 0.15) is 7.05 Å². The predicted octanol–water partition coefficient (Wildman–Crippen LogP) is 9.74. The molecule has 7 rings (SSSR count). The maximum absolute atomic E-state index is 2.44. The number of benzene rings is 5. The van der Waals surface area contributed by atoms with Crippen LogP contribution in [-0.2, 0) is 7.05 Å². The highest BCUT2D eigenvalue weighted by Gasteiger charge is 2.25. The SMILES string of the molecule is Cc1cc2c(cc1-c1c3ccc(C(C)C)cc3cc[n+]1C)-c1ccccc1-c1ccccc1-c1ccccc1-2. The smallest absolute Gasteiger partial charge is 0.200 e. The van der Waals surface area contributed by atoms with Crippen LogP contribution in [0, 0.1) is 6.92 Å². The fourth-order valence-corrected chi connectivity index (χ4v) is 6.35. The number of hydrogen-bond donors (Lipinski definition) is 0. The summed E-state index contributed by atoms with van der Waals surface area (Å²) in [4.78, 5) is 0. The van der Waals surface area contributed by atoms with Crippen molar-refractivity contribution >= 4 is 10.8 Å². The molecule has 1 nitrogen and oxygen atoms in total. The number of aryl methyl sites for hydroxylation is 2. The van der Waals surface area contributed by atoms with E-state index in [-0.39, 0.29) is 0 Å². The second-order valence-corrected chi connectivity index (χ2v) is 11.1. The molecule has 1 heterocycles. The second kappa shape index (κ2) is 9.06. The van der Waals surface area contributed by atoms with Crippen LogP contribution >= 0.6 is 0 Å². The Bertz CT molecular complexity index is 1910. The van der Waals surface area contributed by atoms with Gasteiger partial charge in [-0.3, -0.25) is 0 Å². The van der Waals surface area contributed by atoms with Crippen LogP contribution in [0.25, 0.3) is 66.5 Å². The van der Waals surface area contributed by atoms with Crippen LogP contribution in [-0.4, -0.2) is 0 Å². The zero-order valence-electron chi connectivity index (χ0n) is 23.0. The van der Waals surface area contributed by atoms with E-state index in [1.54, 1.807) is 0 Å². The average molecular weight is 503 g/mol. The predicted molar refractivity (Wildman–Crippen MR) is 165 cm³/mol. The standard InChI is InChI=1S/C38H32N/c1-24(2)26-17-18-28-27(22-26)19-20-39(4)38(28)35-23-37-34-16-10-8-14-32(34)30-12-6-5-11-29(30)31-13-7-9-15-33(31)36(37)21-25(35)3/h5-24H,1-4H3/q+1. The van der Waals surface area contributed by atoms with E-state index in [1.807, 2.05) is 0 Å². The summed E-state index contributed by atoms with van der Waals surface area (Å²) in [6.07, 6.45) is 2.21. The molecular weight excluding hydrogens is 470 g/mol. The van der Waals surface area contributed by atoms with E-state index in [2.05, 4.69) is 148 Å². The Kier molecular flexibility index (Phi) is 5.49. The first-order chi connectivity index (χ1) is 19.0. The van der Waals surface area contributed by atoms with Gasteiger partial charge >= 0.3 is 0 Å². The Morgan fingerprint density at radius 1 is 0.513 bits per heavy atom. The van der Waals surface area contributed by atoms with Crippen LogP contribution in [0.2, 0.25) is 0 Å². The number of nitrogens with zero attached hydrogens (tertiary/aromatic N) is 1. The van der Waals surface area contributed by atoms with E-state index < -0.39 is 0 Å². The largest absolute Gasteiger partial charge is 0.220 e. The lowest BCUT2D eigenvalue weighted by Crippen LogP contribution is -2.30. The molecule has 5 aromatic carbocycles. The van der Waals surface area contributed by atoms with Gasteiger partial charge in [0.15, 0.2) is 6.20 Å². The molecule has 0 fully saturated rings. The van der Waals surface area contributed by atoms with Crippen molar-refractivity contribution in [2.45, 2.75) is 26.7 Å². The van der Waals surface area contributed by atoms with Crippen molar-refractivity contribution in [2.75, 3.05) is 0 Å². The van der Waals surface area contributed by atoms with Gasteiger partial charge in [-0.15, -0.1) is 0 Å². The summed E-state index contributed by atoms with van der Waals surface area (Å²) >= 11 is 0. The third-order valence-corrected chi connectivity index (χ3v) is 8.39. The number of aromatic nitrogens is 1. The normalized spacial score (nSPS) is 11.8. The molecular formula is C38H32N+. The Morgan fingerprint density at radius 2 is 1.00 bits per heavy atom. The lowest BCUT2D eigenvalue weighted by molar-refractivity contribution is -0.659. The van der Waals surface area contributed by atoms with E-state index in [4.69, 9.17) is 0 Å². The summed E-state index contributed by atoms with van der Waals surface area (Å²) in [5, 5.41) is 2.58. The summed E-state index contributed by atoms with van der Waals surface area (Å²) in [5.74, 6) is 0.504. The zero-order valence-corrected chi connectivity index (χ0v) is 23.0. The van der Waals surface area contributed by atoms with E-state index in [0.29, 0.717) is 5.92 Å². The fourth-order valence-electron chi connectivity index (χ4n) is 6.35. The van der Waals surface area contributed by atoms with E-state index in [1.165, 1.54) is 77.7 Å². The molecule has 0 bridgehead atoms. The molecule has 0 saturated carbocycles. The van der Waals surface area contributed by atoms with Gasteiger partial charge in [0, 0.05) is 6.07 Å². The minimum Gasteiger partial charge on any atom is -0.200 e. The Labute approximate surface area is 231 Å². The van der Waals surface area contributed by atoms with Crippen molar-refractivity contribution in [3.8, 4) is 55.8 Å². The Hall–Kier alpha value is -4.49. The maximum atomic E-state index is 2.44. The monoisotopic (exact) mass is 502 g/mol. The Balaban J connectivity index is 1.57. The second-order valence-electron chi connectivity index (χ2n) is 11.1. The van der Waals surface area contributed by atoms with Crippen LogP contribution in [0.15, 0.2) is 115 Å². The van der Waals surface area contributed by atoms with Gasteiger partial charge in [0.05, 0.1) is 10.9 Å². The molecule has 39 heavy (non-hydrogen) atoms. The van der Waals surface area contributed by atoms with E-state index in [9.17, 15) is 0 Å². The van der Waals surface area contributed by atoms with Crippen LogP contribution in [0.5, 0.6) is 0 Å². The molecule has 1 heteroatoms. The summed E-state index contributed by atoms with van der Waals surface area (Å²) in [6, 6.07) is 40.7. The van der Waals surface area contributed by atoms with Crippen LogP contribution in [0.1, 0.15) is 30.9 Å². The van der Waals surface area contributed by atoms with Crippen LogP contribution in [0.3, 0.4) is 0 Å². The third-order valence-electron chi connectivity index (χ3n) is 8.39. The van der Waals surface area contributed by atoms with Crippen LogP contribution < -0.4 is 4.57 Å². The highest BCUT2D eigenvalue weighted by atomic mass is 14.9. The van der Waals surface area contributed by atoms with Gasteiger partial charge in [-0.05, 0) is 92.1 Å². The summed E-state index contributed by atoms with van der Waals surface area (Å²) in [6.45, 7) is 6.79. The first-order valence-corrected chi connectivity index (χ1v) is 13.9. The topological polar surface area (TPSA) is 3.88 Å². The molecule has 0 amide bonds. The third kappa shape index (κ3) is 3.72. The van der Waals surface area contributed by atoms with Crippen molar-refractivity contribution in [2.24, 2.45) is 7.05 Å². The molecule has 0 N–H and O–H groups in total. The Morgan fingerprint density at radius 3 is 1.51 bits per heavy atom. The van der Waals surface area contributed by atoms with Gasteiger partial charge in [-0.1, -0.05) is 98.8 Å².